The van der Waals surface area contributed by atoms with Gasteiger partial charge in [0.05, 0.1) is 7.11 Å². The van der Waals surface area contributed by atoms with Gasteiger partial charge in [-0.15, -0.1) is 0 Å². The third-order valence-electron chi connectivity index (χ3n) is 2.82. The number of methoxy groups -OCH3 is 1. The predicted molar refractivity (Wildman–Crippen MR) is 72.2 cm³/mol. The lowest BCUT2D eigenvalue weighted by molar-refractivity contribution is 0.231. The highest BCUT2D eigenvalue weighted by Crippen LogP contribution is 2.21. The first kappa shape index (κ1) is 13.8. The van der Waals surface area contributed by atoms with Gasteiger partial charge in [-0.25, -0.2) is 0 Å². The number of aryl methyl sites for hydroxylation is 1. The summed E-state index contributed by atoms with van der Waals surface area (Å²) in [6, 6.07) is 6.15. The van der Waals surface area contributed by atoms with Crippen LogP contribution in [0.2, 0.25) is 0 Å². The van der Waals surface area contributed by atoms with E-state index in [2.05, 4.69) is 32.1 Å². The molecule has 17 heavy (non-hydrogen) atoms. The zero-order valence-corrected chi connectivity index (χ0v) is 10.9. The van der Waals surface area contributed by atoms with Gasteiger partial charge in [0, 0.05) is 12.2 Å². The summed E-state index contributed by atoms with van der Waals surface area (Å²) in [5.41, 5.74) is 2.35. The minimum absolute atomic E-state index is 0.265. The minimum atomic E-state index is 0.265. The number of benzene rings is 1. The van der Waals surface area contributed by atoms with Gasteiger partial charge in [0.15, 0.2) is 0 Å². The Morgan fingerprint density at radius 3 is 2.82 bits per heavy atom. The molecule has 1 atom stereocenters. The highest BCUT2D eigenvalue weighted by Gasteiger charge is 2.00. The molecule has 0 saturated carbocycles. The van der Waals surface area contributed by atoms with E-state index >= 15 is 0 Å². The van der Waals surface area contributed by atoms with Gasteiger partial charge in [-0.2, -0.15) is 0 Å². The van der Waals surface area contributed by atoms with E-state index in [4.69, 9.17) is 9.84 Å². The van der Waals surface area contributed by atoms with Crippen LogP contribution in [0, 0.1) is 12.8 Å². The Balaban J connectivity index is 2.60. The molecule has 0 unspecified atom stereocenters. The number of hydrogen-bond donors (Lipinski definition) is 1. The Labute approximate surface area is 104 Å². The van der Waals surface area contributed by atoms with Crippen LogP contribution in [0.5, 0.6) is 5.75 Å². The summed E-state index contributed by atoms with van der Waals surface area (Å²) in [5.74, 6) is 1.28. The van der Waals surface area contributed by atoms with E-state index in [0.717, 1.165) is 24.2 Å². The van der Waals surface area contributed by atoms with E-state index in [0.29, 0.717) is 5.92 Å². The number of aliphatic hydroxyl groups is 1. The zero-order valence-electron chi connectivity index (χ0n) is 10.9. The molecule has 0 aliphatic heterocycles. The molecule has 0 spiro atoms. The Hall–Kier alpha value is -1.28. The maximum Gasteiger partial charge on any atom is 0.126 e. The molecular weight excluding hydrogens is 212 g/mol. The van der Waals surface area contributed by atoms with Gasteiger partial charge >= 0.3 is 0 Å². The molecule has 0 saturated heterocycles. The first-order valence-electron chi connectivity index (χ1n) is 6.09. The maximum atomic E-state index is 8.93. The van der Waals surface area contributed by atoms with Crippen LogP contribution in [0.15, 0.2) is 24.3 Å². The van der Waals surface area contributed by atoms with Gasteiger partial charge in [-0.05, 0) is 37.8 Å². The van der Waals surface area contributed by atoms with E-state index < -0.39 is 0 Å². The molecule has 0 heterocycles. The molecule has 0 aliphatic carbocycles. The van der Waals surface area contributed by atoms with Crippen LogP contribution in [0.25, 0.3) is 6.08 Å². The Morgan fingerprint density at radius 1 is 1.41 bits per heavy atom. The Kier molecular flexibility index (Phi) is 5.78. The topological polar surface area (TPSA) is 29.5 Å². The fraction of sp³-hybridized carbons (Fsp3) is 0.467. The van der Waals surface area contributed by atoms with Crippen molar-refractivity contribution < 1.29 is 9.84 Å². The van der Waals surface area contributed by atoms with Crippen molar-refractivity contribution in [2.45, 2.75) is 26.7 Å². The average Bonchev–Trinajstić information content (AvgIpc) is 2.34. The van der Waals surface area contributed by atoms with Gasteiger partial charge in [-0.3, -0.25) is 0 Å². The summed E-state index contributed by atoms with van der Waals surface area (Å²) in [5, 5.41) is 8.93. The fourth-order valence-electron chi connectivity index (χ4n) is 1.67. The highest BCUT2D eigenvalue weighted by molar-refractivity contribution is 5.58. The van der Waals surface area contributed by atoms with Crippen molar-refractivity contribution in [3.8, 4) is 5.75 Å². The van der Waals surface area contributed by atoms with Crippen LogP contribution in [0.1, 0.15) is 30.9 Å². The standard InChI is InChI=1S/C15H22O2/c1-12-8-9-15(17-3)14(10-12)7-5-4-6-13(2)11-16/h5,7-10,13,16H,4,6,11H2,1-3H3/b7-5+/t13-/m1/s1. The van der Waals surface area contributed by atoms with Crippen LogP contribution >= 0.6 is 0 Å². The normalized spacial score (nSPS) is 12.9. The van der Waals surface area contributed by atoms with Crippen molar-refractivity contribution in [1.82, 2.24) is 0 Å². The lowest BCUT2D eigenvalue weighted by Crippen LogP contribution is -1.98. The van der Waals surface area contributed by atoms with E-state index in [1.807, 2.05) is 12.1 Å². The van der Waals surface area contributed by atoms with Crippen LogP contribution < -0.4 is 4.74 Å². The van der Waals surface area contributed by atoms with Gasteiger partial charge < -0.3 is 9.84 Å². The summed E-state index contributed by atoms with van der Waals surface area (Å²) in [4.78, 5) is 0. The monoisotopic (exact) mass is 234 g/mol. The largest absolute Gasteiger partial charge is 0.496 e. The lowest BCUT2D eigenvalue weighted by atomic mass is 10.1. The summed E-state index contributed by atoms with van der Waals surface area (Å²) in [6.45, 7) is 4.40. The molecule has 0 aromatic heterocycles. The summed E-state index contributed by atoms with van der Waals surface area (Å²) < 4.78 is 5.31. The van der Waals surface area contributed by atoms with Crippen molar-refractivity contribution >= 4 is 6.08 Å². The van der Waals surface area contributed by atoms with Crippen molar-refractivity contribution in [3.05, 3.63) is 35.4 Å². The quantitative estimate of drug-likeness (QED) is 0.817. The molecule has 2 heteroatoms. The van der Waals surface area contributed by atoms with Crippen molar-refractivity contribution in [3.63, 3.8) is 0 Å². The molecule has 0 aliphatic rings. The molecule has 0 bridgehead atoms. The zero-order chi connectivity index (χ0) is 12.7. The number of hydrogen-bond acceptors (Lipinski definition) is 2. The SMILES string of the molecule is COc1ccc(C)cc1/C=C/CC[C@@H](C)CO. The lowest BCUT2D eigenvalue weighted by Gasteiger charge is -2.06. The van der Waals surface area contributed by atoms with Gasteiger partial charge in [0.2, 0.25) is 0 Å². The van der Waals surface area contributed by atoms with E-state index in [1.165, 1.54) is 5.56 Å². The molecule has 0 radical (unpaired) electrons. The molecule has 1 N–H and O–H groups in total. The number of aliphatic hydroxyl groups excluding tert-OH is 1. The molecule has 1 aromatic carbocycles. The van der Waals surface area contributed by atoms with Crippen molar-refractivity contribution in [1.29, 1.82) is 0 Å². The Bertz CT molecular complexity index is 369. The van der Waals surface area contributed by atoms with Crippen molar-refractivity contribution in [2.24, 2.45) is 5.92 Å². The van der Waals surface area contributed by atoms with Crippen molar-refractivity contribution in [2.75, 3.05) is 13.7 Å². The third-order valence-corrected chi connectivity index (χ3v) is 2.82. The van der Waals surface area contributed by atoms with Crippen LogP contribution in [-0.4, -0.2) is 18.8 Å². The van der Waals surface area contributed by atoms with Crippen LogP contribution in [0.3, 0.4) is 0 Å². The Morgan fingerprint density at radius 2 is 2.18 bits per heavy atom. The highest BCUT2D eigenvalue weighted by atomic mass is 16.5. The first-order chi connectivity index (χ1) is 8.17. The average molecular weight is 234 g/mol. The van der Waals surface area contributed by atoms with Gasteiger partial charge in [0.1, 0.15) is 5.75 Å². The molecule has 94 valence electrons. The number of allylic oxidation sites excluding steroid dienone is 1. The first-order valence-corrected chi connectivity index (χ1v) is 6.09. The van der Waals surface area contributed by atoms with Crippen LogP contribution in [-0.2, 0) is 0 Å². The predicted octanol–water partition coefficient (Wildman–Crippen LogP) is 3.43. The third kappa shape index (κ3) is 4.61. The molecule has 1 aromatic rings. The van der Waals surface area contributed by atoms with Gasteiger partial charge in [-0.1, -0.05) is 30.7 Å². The summed E-state index contributed by atoms with van der Waals surface area (Å²) in [7, 11) is 1.69. The maximum absolute atomic E-state index is 8.93. The van der Waals surface area contributed by atoms with Gasteiger partial charge in [0.25, 0.3) is 0 Å². The second-order valence-electron chi connectivity index (χ2n) is 4.51. The molecule has 0 fully saturated rings. The molecule has 0 amide bonds. The smallest absolute Gasteiger partial charge is 0.126 e. The minimum Gasteiger partial charge on any atom is -0.496 e. The van der Waals surface area contributed by atoms with E-state index in [9.17, 15) is 0 Å². The number of rotatable bonds is 6. The molecular formula is C15H22O2. The fourth-order valence-corrected chi connectivity index (χ4v) is 1.67. The molecule has 2 nitrogen and oxygen atoms in total. The second kappa shape index (κ2) is 7.13. The van der Waals surface area contributed by atoms with E-state index in [1.54, 1.807) is 7.11 Å². The summed E-state index contributed by atoms with van der Waals surface area (Å²) >= 11 is 0. The number of ether oxygens (including phenoxy) is 1. The van der Waals surface area contributed by atoms with E-state index in [-0.39, 0.29) is 6.61 Å². The van der Waals surface area contributed by atoms with Crippen LogP contribution in [0.4, 0.5) is 0 Å². The second-order valence-corrected chi connectivity index (χ2v) is 4.51. The molecule has 1 rings (SSSR count). The summed E-state index contributed by atoms with van der Waals surface area (Å²) in [6.07, 6.45) is 6.24.